The van der Waals surface area contributed by atoms with Crippen molar-refractivity contribution in [1.82, 2.24) is 24.9 Å². The van der Waals surface area contributed by atoms with Crippen molar-refractivity contribution >= 4 is 17.7 Å². The molecule has 0 saturated heterocycles. The van der Waals surface area contributed by atoms with E-state index in [1.54, 1.807) is 0 Å². The van der Waals surface area contributed by atoms with Gasteiger partial charge in [0.15, 0.2) is 6.10 Å². The van der Waals surface area contributed by atoms with E-state index in [4.69, 9.17) is 10.2 Å². The Balaban J connectivity index is 2.23. The minimum absolute atomic E-state index is 0.267. The summed E-state index contributed by atoms with van der Waals surface area (Å²) in [6.45, 7) is 1.46. The fourth-order valence-corrected chi connectivity index (χ4v) is 1.73. The van der Waals surface area contributed by atoms with Crippen LogP contribution in [0.5, 0.6) is 0 Å². The van der Waals surface area contributed by atoms with Gasteiger partial charge in [-0.15, -0.1) is 0 Å². The standard InChI is InChI=1S/C11H13N5O4/c1-2-7-6(3-13-11-14-5-15-16(7)11)9(18)12-4-8(17)10(19)20/h3,5,8,17H,2,4H2,1H3,(H,12,18)(H,19,20). The largest absolute Gasteiger partial charge is 0.479 e. The molecule has 20 heavy (non-hydrogen) atoms. The molecule has 0 radical (unpaired) electrons. The van der Waals surface area contributed by atoms with Gasteiger partial charge in [0.25, 0.3) is 11.7 Å². The monoisotopic (exact) mass is 279 g/mol. The van der Waals surface area contributed by atoms with Crippen LogP contribution in [-0.2, 0) is 11.2 Å². The fourth-order valence-electron chi connectivity index (χ4n) is 1.73. The number of carbonyl (C=O) groups is 2. The molecule has 1 amide bonds. The van der Waals surface area contributed by atoms with Crippen molar-refractivity contribution < 1.29 is 19.8 Å². The molecule has 0 aliphatic rings. The van der Waals surface area contributed by atoms with Crippen molar-refractivity contribution in [3.63, 3.8) is 0 Å². The molecule has 0 spiro atoms. The molecule has 0 bridgehead atoms. The number of fused-ring (bicyclic) bond motifs is 1. The van der Waals surface area contributed by atoms with Gasteiger partial charge in [0.1, 0.15) is 6.33 Å². The van der Waals surface area contributed by atoms with Crippen LogP contribution >= 0.6 is 0 Å². The highest BCUT2D eigenvalue weighted by atomic mass is 16.4. The van der Waals surface area contributed by atoms with E-state index >= 15 is 0 Å². The van der Waals surface area contributed by atoms with Gasteiger partial charge in [-0.05, 0) is 6.42 Å². The molecule has 0 aliphatic heterocycles. The van der Waals surface area contributed by atoms with E-state index < -0.39 is 18.0 Å². The second-order valence-electron chi connectivity index (χ2n) is 4.01. The predicted molar refractivity (Wildman–Crippen MR) is 66.1 cm³/mol. The normalized spacial score (nSPS) is 12.3. The van der Waals surface area contributed by atoms with E-state index in [2.05, 4.69) is 20.4 Å². The number of amides is 1. The number of aliphatic hydroxyl groups is 1. The smallest absolute Gasteiger partial charge is 0.334 e. The number of carboxylic acid groups (broad SMARTS) is 1. The summed E-state index contributed by atoms with van der Waals surface area (Å²) in [5.74, 6) is -1.54. The summed E-state index contributed by atoms with van der Waals surface area (Å²) < 4.78 is 1.45. The Kier molecular flexibility index (Phi) is 3.89. The highest BCUT2D eigenvalue weighted by Gasteiger charge is 2.18. The predicted octanol–water partition coefficient (Wildman–Crippen LogP) is -1.14. The third-order valence-corrected chi connectivity index (χ3v) is 2.73. The van der Waals surface area contributed by atoms with Crippen LogP contribution in [0.1, 0.15) is 23.0 Å². The maximum Gasteiger partial charge on any atom is 0.334 e. The van der Waals surface area contributed by atoms with E-state index in [0.29, 0.717) is 17.9 Å². The zero-order chi connectivity index (χ0) is 14.7. The molecule has 2 rings (SSSR count). The number of nitrogens with one attached hydrogen (secondary N) is 1. The number of carboxylic acids is 1. The molecule has 3 N–H and O–H groups in total. The Bertz CT molecular complexity index is 653. The highest BCUT2D eigenvalue weighted by molar-refractivity contribution is 5.95. The van der Waals surface area contributed by atoms with E-state index in [1.807, 2.05) is 6.92 Å². The van der Waals surface area contributed by atoms with Crippen LogP contribution in [0.25, 0.3) is 5.78 Å². The first-order valence-electron chi connectivity index (χ1n) is 5.91. The van der Waals surface area contributed by atoms with Crippen molar-refractivity contribution in [3.05, 3.63) is 23.8 Å². The molecule has 2 heterocycles. The molecule has 9 nitrogen and oxygen atoms in total. The summed E-state index contributed by atoms with van der Waals surface area (Å²) in [5, 5.41) is 24.0. The first-order chi connectivity index (χ1) is 9.54. The number of nitrogens with zero attached hydrogens (tertiary/aromatic N) is 4. The lowest BCUT2D eigenvalue weighted by atomic mass is 10.1. The molecule has 2 aromatic rings. The van der Waals surface area contributed by atoms with Crippen LogP contribution < -0.4 is 5.32 Å². The summed E-state index contributed by atoms with van der Waals surface area (Å²) in [4.78, 5) is 30.4. The highest BCUT2D eigenvalue weighted by Crippen LogP contribution is 2.09. The minimum Gasteiger partial charge on any atom is -0.479 e. The Labute approximate surface area is 113 Å². The number of hydrogen-bond donors (Lipinski definition) is 3. The summed E-state index contributed by atoms with van der Waals surface area (Å²) in [6, 6.07) is 0. The van der Waals surface area contributed by atoms with Gasteiger partial charge in [0, 0.05) is 6.20 Å². The van der Waals surface area contributed by atoms with Crippen molar-refractivity contribution in [2.75, 3.05) is 6.54 Å². The third-order valence-electron chi connectivity index (χ3n) is 2.73. The van der Waals surface area contributed by atoms with Crippen LogP contribution in [0.3, 0.4) is 0 Å². The van der Waals surface area contributed by atoms with Gasteiger partial charge < -0.3 is 15.5 Å². The Morgan fingerprint density at radius 2 is 2.20 bits per heavy atom. The lowest BCUT2D eigenvalue weighted by Gasteiger charge is -2.10. The molecular formula is C11H13N5O4. The summed E-state index contributed by atoms with van der Waals surface area (Å²) >= 11 is 0. The number of rotatable bonds is 5. The van der Waals surface area contributed by atoms with Crippen LogP contribution in [0.2, 0.25) is 0 Å². The van der Waals surface area contributed by atoms with E-state index in [9.17, 15) is 9.59 Å². The van der Waals surface area contributed by atoms with Crippen molar-refractivity contribution in [1.29, 1.82) is 0 Å². The number of aliphatic carboxylic acids is 1. The summed E-state index contributed by atoms with van der Waals surface area (Å²) in [6.07, 6.45) is 1.56. The number of aromatic nitrogens is 4. The maximum atomic E-state index is 12.0. The van der Waals surface area contributed by atoms with Gasteiger partial charge in [0.2, 0.25) is 0 Å². The van der Waals surface area contributed by atoms with Crippen LogP contribution in [0.15, 0.2) is 12.5 Å². The molecule has 0 fully saturated rings. The van der Waals surface area contributed by atoms with E-state index in [-0.39, 0.29) is 12.1 Å². The zero-order valence-electron chi connectivity index (χ0n) is 10.6. The quantitative estimate of drug-likeness (QED) is 0.630. The van der Waals surface area contributed by atoms with E-state index in [1.165, 1.54) is 17.0 Å². The average Bonchev–Trinajstić information content (AvgIpc) is 2.91. The Morgan fingerprint density at radius 3 is 2.85 bits per heavy atom. The van der Waals surface area contributed by atoms with Crippen LogP contribution in [-0.4, -0.2) is 54.3 Å². The van der Waals surface area contributed by atoms with Gasteiger partial charge in [-0.1, -0.05) is 6.92 Å². The number of carbonyl (C=O) groups excluding carboxylic acids is 1. The first kappa shape index (κ1) is 13.9. The summed E-state index contributed by atoms with van der Waals surface area (Å²) in [5.41, 5.74) is 0.873. The molecule has 106 valence electrons. The number of hydrogen-bond acceptors (Lipinski definition) is 6. The van der Waals surface area contributed by atoms with Gasteiger partial charge >= 0.3 is 5.97 Å². The molecule has 0 aromatic carbocycles. The second-order valence-corrected chi connectivity index (χ2v) is 4.01. The van der Waals surface area contributed by atoms with Crippen molar-refractivity contribution in [2.45, 2.75) is 19.4 Å². The Hall–Kier alpha value is -2.55. The fraction of sp³-hybridized carbons (Fsp3) is 0.364. The molecule has 1 unspecified atom stereocenters. The molecule has 2 aromatic heterocycles. The van der Waals surface area contributed by atoms with Crippen LogP contribution in [0.4, 0.5) is 0 Å². The molecule has 0 aliphatic carbocycles. The molecule has 0 saturated carbocycles. The zero-order valence-corrected chi connectivity index (χ0v) is 10.6. The lowest BCUT2D eigenvalue weighted by Crippen LogP contribution is -2.37. The van der Waals surface area contributed by atoms with Gasteiger partial charge in [-0.3, -0.25) is 4.79 Å². The number of aryl methyl sites for hydroxylation is 1. The first-order valence-corrected chi connectivity index (χ1v) is 5.91. The Morgan fingerprint density at radius 1 is 1.45 bits per heavy atom. The third kappa shape index (κ3) is 2.57. The molecule has 1 atom stereocenters. The van der Waals surface area contributed by atoms with Gasteiger partial charge in [-0.2, -0.15) is 10.1 Å². The molecule has 9 heteroatoms. The molecular weight excluding hydrogens is 266 g/mol. The van der Waals surface area contributed by atoms with Gasteiger partial charge in [0.05, 0.1) is 17.8 Å². The van der Waals surface area contributed by atoms with Crippen molar-refractivity contribution in [2.24, 2.45) is 0 Å². The maximum absolute atomic E-state index is 12.0. The minimum atomic E-state index is -1.65. The lowest BCUT2D eigenvalue weighted by molar-refractivity contribution is -0.146. The summed E-state index contributed by atoms with van der Waals surface area (Å²) in [7, 11) is 0. The average molecular weight is 279 g/mol. The van der Waals surface area contributed by atoms with E-state index in [0.717, 1.165) is 0 Å². The van der Waals surface area contributed by atoms with Crippen molar-refractivity contribution in [3.8, 4) is 0 Å². The second kappa shape index (κ2) is 5.61. The van der Waals surface area contributed by atoms with Gasteiger partial charge in [-0.25, -0.2) is 14.3 Å². The topological polar surface area (TPSA) is 130 Å². The SMILES string of the molecule is CCc1c(C(=O)NCC(O)C(=O)O)cnc2ncnn12. The van der Waals surface area contributed by atoms with Crippen LogP contribution in [0, 0.1) is 0 Å². The number of aliphatic hydroxyl groups excluding tert-OH is 1.